The van der Waals surface area contributed by atoms with Crippen molar-refractivity contribution in [2.24, 2.45) is 11.8 Å². The van der Waals surface area contributed by atoms with Gasteiger partial charge < -0.3 is 19.6 Å². The lowest BCUT2D eigenvalue weighted by molar-refractivity contribution is 0.0694. The molecule has 3 heterocycles. The van der Waals surface area contributed by atoms with Crippen molar-refractivity contribution >= 4 is 22.6 Å². The number of carbonyl (C=O) groups is 1. The Hall–Kier alpha value is -2.61. The fourth-order valence-corrected chi connectivity index (χ4v) is 5.16. The van der Waals surface area contributed by atoms with Crippen molar-refractivity contribution in [3.63, 3.8) is 0 Å². The lowest BCUT2D eigenvalue weighted by atomic mass is 10.1. The van der Waals surface area contributed by atoms with Gasteiger partial charge in [0.25, 0.3) is 5.56 Å². The number of hydrogen-bond donors (Lipinski definition) is 1. The van der Waals surface area contributed by atoms with Crippen LogP contribution in [0.4, 0.5) is 10.1 Å². The predicted octanol–water partition coefficient (Wildman–Crippen LogP) is 1.79. The summed E-state index contributed by atoms with van der Waals surface area (Å²) >= 11 is 0. The number of pyridine rings is 1. The van der Waals surface area contributed by atoms with Crippen LogP contribution in [0.5, 0.6) is 5.75 Å². The molecule has 3 atom stereocenters. The second-order valence-electron chi connectivity index (χ2n) is 8.36. The normalized spacial score (nSPS) is 27.8. The van der Waals surface area contributed by atoms with Gasteiger partial charge in [-0.3, -0.25) is 9.36 Å². The summed E-state index contributed by atoms with van der Waals surface area (Å²) in [6.45, 7) is 3.49. The fourth-order valence-electron chi connectivity index (χ4n) is 5.16. The zero-order valence-corrected chi connectivity index (χ0v) is 16.0. The number of nitrogens with zero attached hydrogens (tertiary/aromatic N) is 3. The molecule has 1 aromatic carbocycles. The number of halogens is 1. The van der Waals surface area contributed by atoms with Crippen LogP contribution < -0.4 is 15.2 Å². The van der Waals surface area contributed by atoms with Crippen LogP contribution in [0, 0.1) is 17.7 Å². The van der Waals surface area contributed by atoms with Crippen LogP contribution in [0.3, 0.4) is 0 Å². The minimum atomic E-state index is -1.31. The maximum atomic E-state index is 15.1. The molecule has 5 rings (SSSR count). The van der Waals surface area contributed by atoms with Gasteiger partial charge in [-0.1, -0.05) is 0 Å². The number of anilines is 1. The molecule has 0 bridgehead atoms. The molecular weight excluding hydrogens is 365 g/mol. The third kappa shape index (κ3) is 2.24. The maximum absolute atomic E-state index is 15.1. The van der Waals surface area contributed by atoms with Gasteiger partial charge >= 0.3 is 5.97 Å². The molecule has 1 N–H and O–H groups in total. The van der Waals surface area contributed by atoms with Gasteiger partial charge in [0.15, 0.2) is 11.6 Å². The van der Waals surface area contributed by atoms with E-state index in [1.54, 1.807) is 6.92 Å². The molecule has 1 aliphatic carbocycles. The summed E-state index contributed by atoms with van der Waals surface area (Å²) in [5.74, 6) is -0.381. The van der Waals surface area contributed by atoms with E-state index < -0.39 is 17.3 Å². The summed E-state index contributed by atoms with van der Waals surface area (Å²) in [5.41, 5.74) is -0.0580. The van der Waals surface area contributed by atoms with Crippen LogP contribution in [-0.2, 0) is 0 Å². The van der Waals surface area contributed by atoms with Gasteiger partial charge in [-0.25, -0.2) is 9.18 Å². The topological polar surface area (TPSA) is 75.0 Å². The number of rotatable bonds is 3. The van der Waals surface area contributed by atoms with Crippen molar-refractivity contribution in [2.45, 2.75) is 19.0 Å². The third-order valence-electron chi connectivity index (χ3n) is 6.40. The maximum Gasteiger partial charge on any atom is 0.341 e. The Balaban J connectivity index is 1.67. The van der Waals surface area contributed by atoms with Crippen LogP contribution >= 0.6 is 0 Å². The van der Waals surface area contributed by atoms with Gasteiger partial charge in [-0.2, -0.15) is 0 Å². The standard InChI is InChI=1S/C20H22FN3O4/c1-9-8-28-18-15-10(4-11(20(26)27)19(25)24(9)15)5-14(21)17(18)23-6-12-13(7-23)16(12)22(2)3/h4-5,9,12-13,16H,6-8H2,1-3H3,(H,26,27)/t9-,12?,13?,16?/m0/s1. The molecule has 0 amide bonds. The van der Waals surface area contributed by atoms with Gasteiger partial charge in [0.1, 0.15) is 17.9 Å². The first-order valence-corrected chi connectivity index (χ1v) is 9.48. The van der Waals surface area contributed by atoms with E-state index in [0.717, 1.165) is 13.1 Å². The molecule has 8 heteroatoms. The number of aromatic carboxylic acids is 1. The highest BCUT2D eigenvalue weighted by atomic mass is 19.1. The first kappa shape index (κ1) is 17.5. The monoisotopic (exact) mass is 387 g/mol. The van der Waals surface area contributed by atoms with Crippen LogP contribution in [0.25, 0.3) is 10.9 Å². The van der Waals surface area contributed by atoms with E-state index >= 15 is 4.39 Å². The van der Waals surface area contributed by atoms with Crippen molar-refractivity contribution < 1.29 is 19.0 Å². The Bertz CT molecular complexity index is 1070. The van der Waals surface area contributed by atoms with E-state index in [1.807, 2.05) is 4.90 Å². The van der Waals surface area contributed by atoms with E-state index in [2.05, 4.69) is 19.0 Å². The molecule has 2 aromatic rings. The summed E-state index contributed by atoms with van der Waals surface area (Å²) in [5, 5.41) is 9.74. The lowest BCUT2D eigenvalue weighted by Gasteiger charge is -2.32. The SMILES string of the molecule is C[C@H]1COc2c(N3CC4C(C3)C4N(C)C)c(F)cc3cc(C(=O)O)c(=O)n1c23. The van der Waals surface area contributed by atoms with Crippen LogP contribution in [0.2, 0.25) is 0 Å². The van der Waals surface area contributed by atoms with Crippen molar-refractivity contribution in [3.05, 3.63) is 33.9 Å². The van der Waals surface area contributed by atoms with E-state index in [-0.39, 0.29) is 18.2 Å². The Morgan fingerprint density at radius 1 is 1.29 bits per heavy atom. The van der Waals surface area contributed by atoms with Crippen LogP contribution in [-0.4, -0.2) is 60.4 Å². The van der Waals surface area contributed by atoms with Crippen molar-refractivity contribution in [1.82, 2.24) is 9.47 Å². The quantitative estimate of drug-likeness (QED) is 0.866. The molecule has 148 valence electrons. The Morgan fingerprint density at radius 2 is 1.96 bits per heavy atom. The molecule has 2 fully saturated rings. The minimum absolute atomic E-state index is 0.197. The van der Waals surface area contributed by atoms with Gasteiger partial charge in [0.2, 0.25) is 0 Å². The van der Waals surface area contributed by atoms with E-state index in [1.165, 1.54) is 16.7 Å². The Labute approximate surface area is 160 Å². The molecule has 7 nitrogen and oxygen atoms in total. The first-order chi connectivity index (χ1) is 13.3. The number of fused-ring (bicyclic) bond motifs is 1. The average Bonchev–Trinajstić information content (AvgIpc) is 3.14. The Morgan fingerprint density at radius 3 is 2.57 bits per heavy atom. The summed E-state index contributed by atoms with van der Waals surface area (Å²) in [6, 6.07) is 2.78. The lowest BCUT2D eigenvalue weighted by Crippen LogP contribution is -2.36. The fraction of sp³-hybridized carbons (Fsp3) is 0.500. The number of carboxylic acid groups (broad SMARTS) is 1. The third-order valence-corrected chi connectivity index (χ3v) is 6.40. The molecule has 1 aromatic heterocycles. The Kier molecular flexibility index (Phi) is 3.56. The van der Waals surface area contributed by atoms with E-state index in [9.17, 15) is 14.7 Å². The molecule has 0 radical (unpaired) electrons. The number of hydrogen-bond acceptors (Lipinski definition) is 5. The predicted molar refractivity (Wildman–Crippen MR) is 102 cm³/mol. The highest BCUT2D eigenvalue weighted by molar-refractivity contribution is 5.97. The second kappa shape index (κ2) is 5.70. The molecule has 0 spiro atoms. The molecule has 2 aliphatic heterocycles. The van der Waals surface area contributed by atoms with Gasteiger partial charge in [0, 0.05) is 24.5 Å². The van der Waals surface area contributed by atoms with Crippen LogP contribution in [0.15, 0.2) is 16.9 Å². The van der Waals surface area contributed by atoms with E-state index in [0.29, 0.717) is 40.2 Å². The smallest absolute Gasteiger partial charge is 0.341 e. The van der Waals surface area contributed by atoms with Gasteiger partial charge in [0.05, 0.1) is 11.6 Å². The molecule has 28 heavy (non-hydrogen) atoms. The average molecular weight is 387 g/mol. The van der Waals surface area contributed by atoms with Gasteiger partial charge in [-0.15, -0.1) is 0 Å². The largest absolute Gasteiger partial charge is 0.487 e. The summed E-state index contributed by atoms with van der Waals surface area (Å²) in [7, 11) is 4.13. The number of aromatic nitrogens is 1. The minimum Gasteiger partial charge on any atom is -0.487 e. The zero-order valence-electron chi connectivity index (χ0n) is 16.0. The first-order valence-electron chi connectivity index (χ1n) is 9.48. The molecular formula is C20H22FN3O4. The van der Waals surface area contributed by atoms with Crippen molar-refractivity contribution in [3.8, 4) is 5.75 Å². The molecule has 2 unspecified atom stereocenters. The molecule has 3 aliphatic rings. The highest BCUT2D eigenvalue weighted by Crippen LogP contribution is 2.52. The number of carboxylic acids is 1. The van der Waals surface area contributed by atoms with Crippen molar-refractivity contribution in [2.75, 3.05) is 38.7 Å². The number of ether oxygens (including phenoxy) is 1. The second-order valence-corrected chi connectivity index (χ2v) is 8.36. The van der Waals surface area contributed by atoms with Crippen LogP contribution in [0.1, 0.15) is 23.3 Å². The van der Waals surface area contributed by atoms with E-state index in [4.69, 9.17) is 4.74 Å². The summed E-state index contributed by atoms with van der Waals surface area (Å²) in [4.78, 5) is 28.5. The summed E-state index contributed by atoms with van der Waals surface area (Å²) in [6.07, 6.45) is 0. The molecule has 1 saturated heterocycles. The molecule has 1 saturated carbocycles. The number of benzene rings is 1. The summed E-state index contributed by atoms with van der Waals surface area (Å²) < 4.78 is 22.5. The number of piperidine rings is 1. The zero-order chi connectivity index (χ0) is 19.9. The van der Waals surface area contributed by atoms with Crippen molar-refractivity contribution in [1.29, 1.82) is 0 Å². The van der Waals surface area contributed by atoms with Gasteiger partial charge in [-0.05, 0) is 45.0 Å². The highest BCUT2D eigenvalue weighted by Gasteiger charge is 2.57.